The minimum atomic E-state index is 0.0116. The second kappa shape index (κ2) is 6.62. The zero-order valence-corrected chi connectivity index (χ0v) is 14.7. The van der Waals surface area contributed by atoms with Gasteiger partial charge in [0.05, 0.1) is 12.8 Å². The first-order chi connectivity index (χ1) is 12.7. The first kappa shape index (κ1) is 16.3. The highest BCUT2D eigenvalue weighted by Gasteiger charge is 2.25. The standard InChI is InChI=1S/C18H19N5O3/c1-12-15-16(19-11-20-17(15)26-21-12)22-6-8-23(9-7-22)18(24)13-4-3-5-14(10-13)25-2/h3-5,10-11H,6-9H2,1-2H3. The smallest absolute Gasteiger partial charge is 0.263 e. The highest BCUT2D eigenvalue weighted by atomic mass is 16.5. The molecule has 1 amide bonds. The van der Waals surface area contributed by atoms with Gasteiger partial charge in [-0.25, -0.2) is 4.98 Å². The predicted molar refractivity (Wildman–Crippen MR) is 95.4 cm³/mol. The third-order valence-electron chi connectivity index (χ3n) is 4.61. The van der Waals surface area contributed by atoms with Gasteiger partial charge in [-0.2, -0.15) is 4.98 Å². The molecule has 8 heteroatoms. The Labute approximate surface area is 150 Å². The maximum atomic E-state index is 12.7. The fraction of sp³-hybridized carbons (Fsp3) is 0.333. The molecule has 8 nitrogen and oxygen atoms in total. The van der Waals surface area contributed by atoms with E-state index in [1.165, 1.54) is 6.33 Å². The Morgan fingerprint density at radius 2 is 2.00 bits per heavy atom. The molecular weight excluding hydrogens is 334 g/mol. The number of amides is 1. The van der Waals surface area contributed by atoms with Crippen molar-refractivity contribution in [2.75, 3.05) is 38.2 Å². The Bertz CT molecular complexity index is 947. The summed E-state index contributed by atoms with van der Waals surface area (Å²) in [5.74, 6) is 1.50. The molecule has 26 heavy (non-hydrogen) atoms. The highest BCUT2D eigenvalue weighted by molar-refractivity contribution is 5.95. The van der Waals surface area contributed by atoms with Crippen molar-refractivity contribution in [3.63, 3.8) is 0 Å². The minimum absolute atomic E-state index is 0.0116. The van der Waals surface area contributed by atoms with Crippen LogP contribution in [0.1, 0.15) is 16.1 Å². The lowest BCUT2D eigenvalue weighted by molar-refractivity contribution is 0.0746. The summed E-state index contributed by atoms with van der Waals surface area (Å²) in [6, 6.07) is 7.24. The van der Waals surface area contributed by atoms with Crippen molar-refractivity contribution in [2.24, 2.45) is 0 Å². The average molecular weight is 353 g/mol. The van der Waals surface area contributed by atoms with E-state index in [9.17, 15) is 4.79 Å². The Hall–Kier alpha value is -3.16. The van der Waals surface area contributed by atoms with Crippen LogP contribution in [0.5, 0.6) is 5.75 Å². The van der Waals surface area contributed by atoms with Crippen LogP contribution in [0.4, 0.5) is 5.82 Å². The van der Waals surface area contributed by atoms with Gasteiger partial charge in [-0.05, 0) is 25.1 Å². The molecule has 0 radical (unpaired) electrons. The van der Waals surface area contributed by atoms with Gasteiger partial charge in [0.15, 0.2) is 0 Å². The molecule has 1 saturated heterocycles. The molecule has 1 fully saturated rings. The maximum Gasteiger partial charge on any atom is 0.263 e. The summed E-state index contributed by atoms with van der Waals surface area (Å²) in [6.07, 6.45) is 1.48. The van der Waals surface area contributed by atoms with Crippen LogP contribution in [0.2, 0.25) is 0 Å². The van der Waals surface area contributed by atoms with Gasteiger partial charge in [0.2, 0.25) is 0 Å². The topological polar surface area (TPSA) is 84.6 Å². The summed E-state index contributed by atoms with van der Waals surface area (Å²) in [5.41, 5.74) is 1.89. The molecule has 0 N–H and O–H groups in total. The Morgan fingerprint density at radius 3 is 2.77 bits per heavy atom. The normalized spacial score (nSPS) is 14.7. The second-order valence-corrected chi connectivity index (χ2v) is 6.16. The number of carbonyl (C=O) groups is 1. The number of piperazine rings is 1. The Balaban J connectivity index is 1.50. The highest BCUT2D eigenvalue weighted by Crippen LogP contribution is 2.26. The summed E-state index contributed by atoms with van der Waals surface area (Å²) in [7, 11) is 1.59. The number of nitrogens with zero attached hydrogens (tertiary/aromatic N) is 5. The summed E-state index contributed by atoms with van der Waals surface area (Å²) in [4.78, 5) is 25.3. The monoisotopic (exact) mass is 353 g/mol. The van der Waals surface area contributed by atoms with Crippen molar-refractivity contribution in [3.05, 3.63) is 41.9 Å². The van der Waals surface area contributed by atoms with Gasteiger partial charge >= 0.3 is 0 Å². The molecule has 2 aromatic heterocycles. The maximum absolute atomic E-state index is 12.7. The van der Waals surface area contributed by atoms with E-state index >= 15 is 0 Å². The van der Waals surface area contributed by atoms with Crippen LogP contribution >= 0.6 is 0 Å². The van der Waals surface area contributed by atoms with Crippen molar-refractivity contribution in [3.8, 4) is 5.75 Å². The SMILES string of the molecule is COc1cccc(C(=O)N2CCN(c3ncnc4onc(C)c34)CC2)c1. The number of methoxy groups -OCH3 is 1. The first-order valence-electron chi connectivity index (χ1n) is 8.42. The minimum Gasteiger partial charge on any atom is -0.497 e. The third kappa shape index (κ3) is 2.83. The van der Waals surface area contributed by atoms with Crippen molar-refractivity contribution in [1.82, 2.24) is 20.0 Å². The zero-order valence-electron chi connectivity index (χ0n) is 14.7. The molecule has 0 bridgehead atoms. The third-order valence-corrected chi connectivity index (χ3v) is 4.61. The van der Waals surface area contributed by atoms with Crippen molar-refractivity contribution in [2.45, 2.75) is 6.92 Å². The first-order valence-corrected chi connectivity index (χ1v) is 8.42. The molecule has 134 valence electrons. The number of hydrogen-bond acceptors (Lipinski definition) is 7. The quantitative estimate of drug-likeness (QED) is 0.711. The molecule has 0 unspecified atom stereocenters. The number of anilines is 1. The van der Waals surface area contributed by atoms with Crippen LogP contribution in [0.3, 0.4) is 0 Å². The molecule has 1 aromatic carbocycles. The van der Waals surface area contributed by atoms with Gasteiger partial charge in [0.25, 0.3) is 11.6 Å². The van der Waals surface area contributed by atoms with Crippen LogP contribution in [-0.2, 0) is 0 Å². The van der Waals surface area contributed by atoms with E-state index < -0.39 is 0 Å². The second-order valence-electron chi connectivity index (χ2n) is 6.16. The fourth-order valence-corrected chi connectivity index (χ4v) is 3.20. The van der Waals surface area contributed by atoms with Crippen molar-refractivity contribution < 1.29 is 14.1 Å². The summed E-state index contributed by atoms with van der Waals surface area (Å²) in [5, 5.41) is 4.80. The molecule has 0 atom stereocenters. The molecule has 0 saturated carbocycles. The van der Waals surface area contributed by atoms with Gasteiger partial charge < -0.3 is 19.1 Å². The predicted octanol–water partition coefficient (Wildman–Crippen LogP) is 1.90. The number of rotatable bonds is 3. The number of hydrogen-bond donors (Lipinski definition) is 0. The van der Waals surface area contributed by atoms with Crippen LogP contribution in [0.15, 0.2) is 35.1 Å². The lowest BCUT2D eigenvalue weighted by atomic mass is 10.1. The number of aromatic nitrogens is 3. The van der Waals surface area contributed by atoms with Crippen LogP contribution < -0.4 is 9.64 Å². The molecule has 0 spiro atoms. The molecule has 4 rings (SSSR count). The molecule has 1 aliphatic heterocycles. The van der Waals surface area contributed by atoms with E-state index in [1.54, 1.807) is 13.2 Å². The van der Waals surface area contributed by atoms with Gasteiger partial charge in [-0.1, -0.05) is 11.2 Å². The number of carbonyl (C=O) groups excluding carboxylic acids is 1. The summed E-state index contributed by atoms with van der Waals surface area (Å²) in [6.45, 7) is 4.48. The Kier molecular flexibility index (Phi) is 4.16. The Morgan fingerprint density at radius 1 is 1.19 bits per heavy atom. The fourth-order valence-electron chi connectivity index (χ4n) is 3.20. The number of ether oxygens (including phenoxy) is 1. The summed E-state index contributed by atoms with van der Waals surface area (Å²) >= 11 is 0. The molecule has 3 aromatic rings. The van der Waals surface area contributed by atoms with Crippen LogP contribution in [0.25, 0.3) is 11.1 Å². The number of fused-ring (bicyclic) bond motifs is 1. The molecule has 3 heterocycles. The van der Waals surface area contributed by atoms with Crippen LogP contribution in [0, 0.1) is 6.92 Å². The summed E-state index contributed by atoms with van der Waals surface area (Å²) < 4.78 is 10.4. The van der Waals surface area contributed by atoms with E-state index in [0.717, 1.165) is 16.9 Å². The molecule has 1 aliphatic rings. The van der Waals surface area contributed by atoms with Gasteiger partial charge in [0.1, 0.15) is 23.3 Å². The van der Waals surface area contributed by atoms with E-state index in [-0.39, 0.29) is 5.91 Å². The van der Waals surface area contributed by atoms with Crippen LogP contribution in [-0.4, -0.2) is 59.2 Å². The van der Waals surface area contributed by atoms with Crippen molar-refractivity contribution in [1.29, 1.82) is 0 Å². The van der Waals surface area contributed by atoms with Gasteiger partial charge in [-0.15, -0.1) is 0 Å². The average Bonchev–Trinajstić information content (AvgIpc) is 3.09. The molecular formula is C18H19N5O3. The number of benzene rings is 1. The van der Waals surface area contributed by atoms with Gasteiger partial charge in [0, 0.05) is 31.7 Å². The zero-order chi connectivity index (χ0) is 18.1. The van der Waals surface area contributed by atoms with E-state index in [2.05, 4.69) is 20.0 Å². The van der Waals surface area contributed by atoms with E-state index in [0.29, 0.717) is 43.2 Å². The lowest BCUT2D eigenvalue weighted by Gasteiger charge is -2.35. The lowest BCUT2D eigenvalue weighted by Crippen LogP contribution is -2.49. The van der Waals surface area contributed by atoms with E-state index in [1.807, 2.05) is 30.0 Å². The van der Waals surface area contributed by atoms with Gasteiger partial charge in [-0.3, -0.25) is 4.79 Å². The van der Waals surface area contributed by atoms with E-state index in [4.69, 9.17) is 9.26 Å². The largest absolute Gasteiger partial charge is 0.497 e. The molecule has 0 aliphatic carbocycles. The number of aryl methyl sites for hydroxylation is 1. The van der Waals surface area contributed by atoms with Crippen molar-refractivity contribution >= 4 is 22.8 Å².